The number of sulfonamides is 1. The average Bonchev–Trinajstić information content (AvgIpc) is 2.95. The normalized spacial score (nSPS) is 12.6. The molecule has 7 nitrogen and oxygen atoms in total. The van der Waals surface area contributed by atoms with Crippen LogP contribution in [0.4, 0.5) is 18.9 Å². The molecular formula is C30H31Cl3F3N3O4S. The maximum absolute atomic E-state index is 14.1. The molecule has 0 bridgehead atoms. The summed E-state index contributed by atoms with van der Waals surface area (Å²) in [6, 6.07) is 12.6. The number of nitrogens with zero attached hydrogens (tertiary/aromatic N) is 2. The number of benzene rings is 3. The summed E-state index contributed by atoms with van der Waals surface area (Å²) in [5.41, 5.74) is -1.31. The minimum absolute atomic E-state index is 0.0980. The van der Waals surface area contributed by atoms with E-state index >= 15 is 0 Å². The van der Waals surface area contributed by atoms with E-state index in [0.717, 1.165) is 11.0 Å². The van der Waals surface area contributed by atoms with Crippen LogP contribution in [-0.2, 0) is 32.3 Å². The lowest BCUT2D eigenvalue weighted by atomic mass is 10.1. The summed E-state index contributed by atoms with van der Waals surface area (Å²) in [5.74, 6) is -1.27. The van der Waals surface area contributed by atoms with Crippen LogP contribution in [0.2, 0.25) is 15.1 Å². The summed E-state index contributed by atoms with van der Waals surface area (Å²) in [6.45, 7) is 4.57. The van der Waals surface area contributed by atoms with Crippen LogP contribution in [0.15, 0.2) is 71.6 Å². The molecule has 0 fully saturated rings. The Hall–Kier alpha value is -2.99. The fourth-order valence-electron chi connectivity index (χ4n) is 4.29. The lowest BCUT2D eigenvalue weighted by Gasteiger charge is -2.34. The Morgan fingerprint density at radius 2 is 1.59 bits per heavy atom. The fourth-order valence-corrected chi connectivity index (χ4v) is 6.47. The Kier molecular flexibility index (Phi) is 12.0. The van der Waals surface area contributed by atoms with Crippen molar-refractivity contribution in [2.24, 2.45) is 5.92 Å². The molecule has 0 heterocycles. The molecule has 0 aliphatic heterocycles. The zero-order chi connectivity index (χ0) is 32.8. The van der Waals surface area contributed by atoms with Crippen molar-refractivity contribution in [1.82, 2.24) is 10.2 Å². The van der Waals surface area contributed by atoms with Crippen molar-refractivity contribution in [1.29, 1.82) is 0 Å². The molecule has 0 unspecified atom stereocenters. The molecule has 238 valence electrons. The Labute approximate surface area is 269 Å². The number of rotatable bonds is 12. The van der Waals surface area contributed by atoms with Gasteiger partial charge in [-0.25, -0.2) is 8.42 Å². The van der Waals surface area contributed by atoms with E-state index in [-0.39, 0.29) is 33.8 Å². The Morgan fingerprint density at radius 3 is 2.16 bits per heavy atom. The molecule has 0 aliphatic carbocycles. The van der Waals surface area contributed by atoms with Gasteiger partial charge in [0, 0.05) is 23.1 Å². The second-order valence-corrected chi connectivity index (χ2v) is 13.4. The van der Waals surface area contributed by atoms with Gasteiger partial charge in [0.1, 0.15) is 12.6 Å². The first-order chi connectivity index (χ1) is 20.6. The van der Waals surface area contributed by atoms with Gasteiger partial charge >= 0.3 is 6.18 Å². The maximum atomic E-state index is 14.1. The molecular weight excluding hydrogens is 662 g/mol. The fraction of sp³-hybridized carbons (Fsp3) is 0.333. The van der Waals surface area contributed by atoms with Gasteiger partial charge < -0.3 is 10.2 Å². The first-order valence-corrected chi connectivity index (χ1v) is 16.1. The predicted molar refractivity (Wildman–Crippen MR) is 166 cm³/mol. The summed E-state index contributed by atoms with van der Waals surface area (Å²) in [5, 5.41) is 2.98. The second-order valence-electron chi connectivity index (χ2n) is 10.3. The van der Waals surface area contributed by atoms with E-state index in [1.54, 1.807) is 25.1 Å². The molecule has 0 spiro atoms. The summed E-state index contributed by atoms with van der Waals surface area (Å²) in [4.78, 5) is 28.3. The molecule has 0 aliphatic rings. The van der Waals surface area contributed by atoms with Gasteiger partial charge in [-0.05, 0) is 60.4 Å². The molecule has 1 N–H and O–H groups in total. The van der Waals surface area contributed by atoms with Crippen LogP contribution in [-0.4, -0.2) is 44.3 Å². The molecule has 3 rings (SSSR count). The molecule has 2 amide bonds. The number of alkyl halides is 3. The highest BCUT2D eigenvalue weighted by atomic mass is 35.5. The molecule has 0 aromatic heterocycles. The van der Waals surface area contributed by atoms with E-state index in [2.05, 4.69) is 5.32 Å². The molecule has 44 heavy (non-hydrogen) atoms. The Morgan fingerprint density at radius 1 is 0.932 bits per heavy atom. The molecule has 3 aromatic rings. The van der Waals surface area contributed by atoms with E-state index < -0.39 is 51.9 Å². The number of halogens is 6. The second kappa shape index (κ2) is 14.9. The smallest absolute Gasteiger partial charge is 0.354 e. The van der Waals surface area contributed by atoms with E-state index in [1.807, 2.05) is 13.8 Å². The molecule has 14 heteroatoms. The zero-order valence-corrected chi connectivity index (χ0v) is 27.1. The quantitative estimate of drug-likeness (QED) is 0.214. The first kappa shape index (κ1) is 35.5. The number of carbonyl (C=O) groups excluding carboxylic acids is 2. The van der Waals surface area contributed by atoms with Crippen molar-refractivity contribution < 1.29 is 31.2 Å². The Bertz CT molecular complexity index is 1590. The molecule has 1 atom stereocenters. The van der Waals surface area contributed by atoms with Crippen LogP contribution in [0.5, 0.6) is 0 Å². The number of hydrogen-bond donors (Lipinski definition) is 1. The molecule has 0 saturated heterocycles. The summed E-state index contributed by atoms with van der Waals surface area (Å²) >= 11 is 18.7. The third-order valence-electron chi connectivity index (χ3n) is 6.58. The van der Waals surface area contributed by atoms with Crippen LogP contribution in [0.1, 0.15) is 38.3 Å². The highest BCUT2D eigenvalue weighted by Gasteiger charge is 2.37. The average molecular weight is 693 g/mol. The van der Waals surface area contributed by atoms with Crippen LogP contribution in [0.3, 0.4) is 0 Å². The number of nitrogens with one attached hydrogen (secondary N) is 1. The van der Waals surface area contributed by atoms with Gasteiger partial charge in [-0.2, -0.15) is 13.2 Å². The van der Waals surface area contributed by atoms with Gasteiger partial charge in [-0.15, -0.1) is 0 Å². The van der Waals surface area contributed by atoms with E-state index in [0.29, 0.717) is 33.6 Å². The minimum Gasteiger partial charge on any atom is -0.354 e. The van der Waals surface area contributed by atoms with E-state index in [4.69, 9.17) is 34.8 Å². The van der Waals surface area contributed by atoms with Gasteiger partial charge in [0.05, 0.1) is 21.2 Å². The van der Waals surface area contributed by atoms with Crippen LogP contribution in [0.25, 0.3) is 0 Å². The monoisotopic (exact) mass is 691 g/mol. The molecule has 0 radical (unpaired) electrons. The standard InChI is InChI=1S/C30H31Cl3F3N3O4S/c1-4-26(29(41)37-16-19(2)3)38(17-20-10-12-22(31)15-25(20)33)28(40)18-39(44(42,43)23-8-6-5-7-9-23)27-14-21(30(34,35)36)11-13-24(27)32/h5-15,19,26H,4,16-18H2,1-3H3,(H,37,41)/t26-/m0/s1. The Balaban J connectivity index is 2.16. The van der Waals surface area contributed by atoms with Crippen LogP contribution < -0.4 is 9.62 Å². The van der Waals surface area contributed by atoms with Gasteiger partial charge in [-0.1, -0.05) is 79.8 Å². The molecule has 3 aromatic carbocycles. The van der Waals surface area contributed by atoms with Crippen molar-refractivity contribution in [3.63, 3.8) is 0 Å². The van der Waals surface area contributed by atoms with E-state index in [1.165, 1.54) is 30.3 Å². The largest absolute Gasteiger partial charge is 0.416 e. The number of amides is 2. The number of carbonyl (C=O) groups is 2. The topological polar surface area (TPSA) is 86.8 Å². The van der Waals surface area contributed by atoms with Gasteiger partial charge in [-0.3, -0.25) is 13.9 Å². The van der Waals surface area contributed by atoms with Crippen molar-refractivity contribution in [2.75, 3.05) is 17.4 Å². The number of hydrogen-bond acceptors (Lipinski definition) is 4. The lowest BCUT2D eigenvalue weighted by Crippen LogP contribution is -2.52. The van der Waals surface area contributed by atoms with Gasteiger partial charge in [0.25, 0.3) is 10.0 Å². The number of anilines is 1. The van der Waals surface area contributed by atoms with Crippen molar-refractivity contribution in [3.05, 3.63) is 92.9 Å². The van der Waals surface area contributed by atoms with Crippen LogP contribution in [0, 0.1) is 5.92 Å². The van der Waals surface area contributed by atoms with Gasteiger partial charge in [0.15, 0.2) is 0 Å². The summed E-state index contributed by atoms with van der Waals surface area (Å²) in [6.07, 6.45) is -4.69. The minimum atomic E-state index is -4.83. The van der Waals surface area contributed by atoms with Crippen molar-refractivity contribution >= 4 is 62.3 Å². The van der Waals surface area contributed by atoms with Crippen molar-refractivity contribution in [2.45, 2.75) is 50.9 Å². The highest BCUT2D eigenvalue weighted by Crippen LogP contribution is 2.37. The lowest BCUT2D eigenvalue weighted by molar-refractivity contribution is -0.140. The van der Waals surface area contributed by atoms with E-state index in [9.17, 15) is 31.2 Å². The third-order valence-corrected chi connectivity index (χ3v) is 9.26. The predicted octanol–water partition coefficient (Wildman–Crippen LogP) is 7.44. The highest BCUT2D eigenvalue weighted by molar-refractivity contribution is 7.92. The summed E-state index contributed by atoms with van der Waals surface area (Å²) in [7, 11) is -4.64. The molecule has 0 saturated carbocycles. The van der Waals surface area contributed by atoms with Crippen LogP contribution >= 0.6 is 34.8 Å². The van der Waals surface area contributed by atoms with Crippen molar-refractivity contribution in [3.8, 4) is 0 Å². The first-order valence-electron chi connectivity index (χ1n) is 13.5. The zero-order valence-electron chi connectivity index (χ0n) is 24.0. The SMILES string of the molecule is CC[C@@H](C(=O)NCC(C)C)N(Cc1ccc(Cl)cc1Cl)C(=O)CN(c1cc(C(F)(F)F)ccc1Cl)S(=O)(=O)c1ccccc1. The summed E-state index contributed by atoms with van der Waals surface area (Å²) < 4.78 is 69.4. The third kappa shape index (κ3) is 8.80. The van der Waals surface area contributed by atoms with Gasteiger partial charge in [0.2, 0.25) is 11.8 Å². The maximum Gasteiger partial charge on any atom is 0.416 e.